The lowest BCUT2D eigenvalue weighted by molar-refractivity contribution is -0.141. The van der Waals surface area contributed by atoms with Crippen LogP contribution in [0.15, 0.2) is 36.4 Å². The number of rotatable bonds is 10. The first-order valence-corrected chi connectivity index (χ1v) is 11.2. The van der Waals surface area contributed by atoms with E-state index in [2.05, 4.69) is 45.0 Å². The van der Waals surface area contributed by atoms with E-state index in [9.17, 15) is 9.59 Å². The zero-order chi connectivity index (χ0) is 20.1. The van der Waals surface area contributed by atoms with Crippen molar-refractivity contribution < 1.29 is 9.59 Å². The van der Waals surface area contributed by atoms with Gasteiger partial charge in [-0.05, 0) is 36.3 Å². The van der Waals surface area contributed by atoms with Crippen molar-refractivity contribution in [3.63, 3.8) is 0 Å². The highest BCUT2D eigenvalue weighted by Crippen LogP contribution is 2.58. The number of hydrogen-bond donors (Lipinski definition) is 0. The minimum Gasteiger partial charge on any atom is -0.269 e. The first-order valence-electron chi connectivity index (χ1n) is 11.2. The minimum atomic E-state index is -0.145. The van der Waals surface area contributed by atoms with Crippen LogP contribution >= 0.6 is 0 Å². The normalized spacial score (nSPS) is 22.9. The van der Waals surface area contributed by atoms with Gasteiger partial charge in [-0.15, -0.1) is 0 Å². The first kappa shape index (κ1) is 20.8. The number of imide groups is 1. The van der Waals surface area contributed by atoms with Gasteiger partial charge in [-0.3, -0.25) is 14.5 Å². The lowest BCUT2D eigenvalue weighted by Gasteiger charge is -2.41. The molecule has 0 spiro atoms. The maximum Gasteiger partial charge on any atom is 0.254 e. The van der Waals surface area contributed by atoms with E-state index >= 15 is 0 Å². The Bertz CT molecular complexity index is 710. The third kappa shape index (κ3) is 3.56. The van der Waals surface area contributed by atoms with Crippen LogP contribution in [0, 0.1) is 5.92 Å². The fraction of sp³-hybridized carbons (Fsp3) is 0.600. The maximum absolute atomic E-state index is 12.7. The highest BCUT2D eigenvalue weighted by Gasteiger charge is 2.54. The maximum atomic E-state index is 12.7. The molecular formula is C25H35NO2. The summed E-state index contributed by atoms with van der Waals surface area (Å²) in [4.78, 5) is 26.9. The number of amides is 2. The van der Waals surface area contributed by atoms with Crippen molar-refractivity contribution in [1.29, 1.82) is 0 Å². The standard InChI is InChI=1S/C25H35NO2/c1-4-7-13-21-24(26-22(27)15-16-23(26)28)19-12-10-11-14-20(19)25(21,17-8-5-2)18-9-6-3/h10-12,14-16,21,24H,4-9,13,17-18H2,1-3H3/t21-,24-/m1/s1. The summed E-state index contributed by atoms with van der Waals surface area (Å²) in [5.74, 6) is 0.0249. The molecule has 152 valence electrons. The molecule has 1 aromatic carbocycles. The molecule has 2 amide bonds. The molecule has 0 fully saturated rings. The van der Waals surface area contributed by atoms with Crippen molar-refractivity contribution in [1.82, 2.24) is 4.90 Å². The molecule has 2 aliphatic rings. The Morgan fingerprint density at radius 3 is 2.00 bits per heavy atom. The Hall–Kier alpha value is -1.90. The Kier molecular flexibility index (Phi) is 6.74. The lowest BCUT2D eigenvalue weighted by atomic mass is 9.66. The summed E-state index contributed by atoms with van der Waals surface area (Å²) in [6.45, 7) is 6.74. The topological polar surface area (TPSA) is 37.4 Å². The zero-order valence-corrected chi connectivity index (χ0v) is 17.7. The van der Waals surface area contributed by atoms with Gasteiger partial charge >= 0.3 is 0 Å². The number of unbranched alkanes of at least 4 members (excludes halogenated alkanes) is 3. The van der Waals surface area contributed by atoms with E-state index in [0.717, 1.165) is 32.1 Å². The molecule has 1 aliphatic carbocycles. The number of carbonyl (C=O) groups is 2. The highest BCUT2D eigenvalue weighted by molar-refractivity contribution is 6.13. The fourth-order valence-electron chi connectivity index (χ4n) is 5.54. The molecule has 0 aromatic heterocycles. The van der Waals surface area contributed by atoms with E-state index in [0.29, 0.717) is 5.92 Å². The van der Waals surface area contributed by atoms with Gasteiger partial charge < -0.3 is 0 Å². The molecule has 3 rings (SSSR count). The van der Waals surface area contributed by atoms with E-state index in [1.807, 2.05) is 0 Å². The van der Waals surface area contributed by atoms with Crippen LogP contribution in [-0.2, 0) is 15.0 Å². The third-order valence-corrected chi connectivity index (χ3v) is 6.85. The number of fused-ring (bicyclic) bond motifs is 1. The summed E-state index contributed by atoms with van der Waals surface area (Å²) >= 11 is 0. The van der Waals surface area contributed by atoms with Gasteiger partial charge in [0, 0.05) is 17.6 Å². The SMILES string of the molecule is CCCC[C@@H]1[C@H](N2C(=O)C=CC2=O)c2ccccc2C1(CCCC)CCCC. The van der Waals surface area contributed by atoms with Crippen LogP contribution in [0.4, 0.5) is 0 Å². The van der Waals surface area contributed by atoms with Gasteiger partial charge in [0.2, 0.25) is 0 Å². The smallest absolute Gasteiger partial charge is 0.254 e. The van der Waals surface area contributed by atoms with Crippen molar-refractivity contribution in [2.45, 2.75) is 90.0 Å². The second-order valence-corrected chi connectivity index (χ2v) is 8.52. The molecule has 0 saturated heterocycles. The molecule has 1 aliphatic heterocycles. The Morgan fingerprint density at radius 2 is 1.43 bits per heavy atom. The van der Waals surface area contributed by atoms with Crippen molar-refractivity contribution in [2.75, 3.05) is 0 Å². The van der Waals surface area contributed by atoms with Crippen LogP contribution in [0.25, 0.3) is 0 Å². The monoisotopic (exact) mass is 381 g/mol. The Balaban J connectivity index is 2.13. The average molecular weight is 382 g/mol. The van der Waals surface area contributed by atoms with Gasteiger partial charge in [0.25, 0.3) is 11.8 Å². The first-order chi connectivity index (χ1) is 13.6. The Labute approximate surface area is 170 Å². The summed E-state index contributed by atoms with van der Waals surface area (Å²) in [6.07, 6.45) is 13.2. The molecule has 1 aromatic rings. The average Bonchev–Trinajstić information content (AvgIpc) is 3.17. The van der Waals surface area contributed by atoms with Gasteiger partial charge in [0.05, 0.1) is 6.04 Å². The molecule has 28 heavy (non-hydrogen) atoms. The predicted octanol–water partition coefficient (Wildman–Crippen LogP) is 6.09. The van der Waals surface area contributed by atoms with Gasteiger partial charge in [0.1, 0.15) is 0 Å². The minimum absolute atomic E-state index is 0.0750. The molecule has 0 N–H and O–H groups in total. The molecule has 0 saturated carbocycles. The predicted molar refractivity (Wildman–Crippen MR) is 114 cm³/mol. The van der Waals surface area contributed by atoms with Crippen LogP contribution in [-0.4, -0.2) is 16.7 Å². The molecular weight excluding hydrogens is 346 g/mol. The molecule has 3 heteroatoms. The zero-order valence-electron chi connectivity index (χ0n) is 17.7. The van der Waals surface area contributed by atoms with Crippen LogP contribution in [0.5, 0.6) is 0 Å². The summed E-state index contributed by atoms with van der Waals surface area (Å²) in [6, 6.07) is 8.52. The van der Waals surface area contributed by atoms with E-state index < -0.39 is 0 Å². The quantitative estimate of drug-likeness (QED) is 0.460. The van der Waals surface area contributed by atoms with Crippen molar-refractivity contribution in [3.8, 4) is 0 Å². The number of carbonyl (C=O) groups excluding carboxylic acids is 2. The highest BCUT2D eigenvalue weighted by atomic mass is 16.2. The van der Waals surface area contributed by atoms with Gasteiger partial charge in [0.15, 0.2) is 0 Å². The summed E-state index contributed by atoms with van der Waals surface area (Å²) in [5.41, 5.74) is 2.68. The largest absolute Gasteiger partial charge is 0.269 e. The van der Waals surface area contributed by atoms with Crippen LogP contribution < -0.4 is 0 Å². The molecule has 1 heterocycles. The third-order valence-electron chi connectivity index (χ3n) is 6.85. The number of benzene rings is 1. The summed E-state index contributed by atoms with van der Waals surface area (Å²) in [7, 11) is 0. The number of hydrogen-bond acceptors (Lipinski definition) is 2. The fourth-order valence-corrected chi connectivity index (χ4v) is 5.54. The van der Waals surface area contributed by atoms with Gasteiger partial charge in [-0.2, -0.15) is 0 Å². The van der Waals surface area contributed by atoms with Gasteiger partial charge in [-0.25, -0.2) is 0 Å². The van der Waals surface area contributed by atoms with Crippen LogP contribution in [0.1, 0.15) is 95.7 Å². The van der Waals surface area contributed by atoms with E-state index in [-0.39, 0.29) is 23.3 Å². The van der Waals surface area contributed by atoms with Crippen molar-refractivity contribution in [2.24, 2.45) is 5.92 Å². The molecule has 0 radical (unpaired) electrons. The van der Waals surface area contributed by atoms with Crippen molar-refractivity contribution in [3.05, 3.63) is 47.5 Å². The molecule has 0 bridgehead atoms. The van der Waals surface area contributed by atoms with Crippen molar-refractivity contribution >= 4 is 11.8 Å². The second-order valence-electron chi connectivity index (χ2n) is 8.52. The molecule has 0 unspecified atom stereocenters. The van der Waals surface area contributed by atoms with E-state index in [1.165, 1.54) is 49.0 Å². The van der Waals surface area contributed by atoms with Gasteiger partial charge in [-0.1, -0.05) is 83.6 Å². The summed E-state index contributed by atoms with van der Waals surface area (Å²) in [5, 5.41) is 0. The molecule has 2 atom stereocenters. The van der Waals surface area contributed by atoms with Crippen LogP contribution in [0.2, 0.25) is 0 Å². The van der Waals surface area contributed by atoms with E-state index in [1.54, 1.807) is 4.90 Å². The second kappa shape index (κ2) is 9.07. The van der Waals surface area contributed by atoms with Crippen LogP contribution in [0.3, 0.4) is 0 Å². The van der Waals surface area contributed by atoms with E-state index in [4.69, 9.17) is 0 Å². The Morgan fingerprint density at radius 1 is 0.857 bits per heavy atom. The number of nitrogens with zero attached hydrogens (tertiary/aromatic N) is 1. The summed E-state index contributed by atoms with van der Waals surface area (Å²) < 4.78 is 0. The molecule has 3 nitrogen and oxygen atoms in total. The lowest BCUT2D eigenvalue weighted by Crippen LogP contribution is -2.41.